The zero-order valence-corrected chi connectivity index (χ0v) is 14.7. The number of aromatic nitrogens is 2. The average Bonchev–Trinajstić information content (AvgIpc) is 2.46. The van der Waals surface area contributed by atoms with E-state index in [1.54, 1.807) is 17.8 Å². The summed E-state index contributed by atoms with van der Waals surface area (Å²) in [6.07, 6.45) is 0.141. The number of ether oxygens (including phenoxy) is 1. The molecule has 0 atom stereocenters. The molecule has 124 valence electrons. The van der Waals surface area contributed by atoms with Crippen LogP contribution in [0.4, 0.5) is 11.6 Å². The van der Waals surface area contributed by atoms with Crippen molar-refractivity contribution in [3.63, 3.8) is 0 Å². The number of hydrogen-bond donors (Lipinski definition) is 2. The minimum Gasteiger partial charge on any atom is -0.491 e. The van der Waals surface area contributed by atoms with E-state index in [2.05, 4.69) is 29.1 Å². The third-order valence-corrected chi connectivity index (χ3v) is 3.98. The van der Waals surface area contributed by atoms with Crippen molar-refractivity contribution in [3.8, 4) is 5.75 Å². The Bertz CT molecular complexity index is 681. The summed E-state index contributed by atoms with van der Waals surface area (Å²) in [5, 5.41) is 3.62. The van der Waals surface area contributed by atoms with Crippen LogP contribution >= 0.6 is 11.8 Å². The van der Waals surface area contributed by atoms with E-state index in [-0.39, 0.29) is 11.7 Å². The van der Waals surface area contributed by atoms with Crippen molar-refractivity contribution in [1.29, 1.82) is 0 Å². The number of thioether (sulfide) groups is 1. The summed E-state index contributed by atoms with van der Waals surface area (Å²) < 4.78 is 5.61. The number of hydrogen-bond acceptors (Lipinski definition) is 5. The van der Waals surface area contributed by atoms with Crippen molar-refractivity contribution >= 4 is 23.4 Å². The van der Waals surface area contributed by atoms with E-state index in [4.69, 9.17) is 4.74 Å². The second-order valence-electron chi connectivity index (χ2n) is 5.76. The van der Waals surface area contributed by atoms with Gasteiger partial charge in [0.15, 0.2) is 0 Å². The van der Waals surface area contributed by atoms with Crippen LogP contribution in [-0.4, -0.2) is 21.3 Å². The van der Waals surface area contributed by atoms with Crippen molar-refractivity contribution in [2.24, 2.45) is 0 Å². The van der Waals surface area contributed by atoms with Crippen LogP contribution in [0.3, 0.4) is 0 Å². The Morgan fingerprint density at radius 2 is 1.91 bits per heavy atom. The van der Waals surface area contributed by atoms with Crippen LogP contribution in [0.15, 0.2) is 35.1 Å². The van der Waals surface area contributed by atoms with Crippen molar-refractivity contribution < 1.29 is 4.74 Å². The molecule has 1 aromatic carbocycles. The molecule has 0 radical (unpaired) electrons. The molecule has 1 heterocycles. The highest BCUT2D eigenvalue weighted by atomic mass is 32.2. The smallest absolute Gasteiger partial charge is 0.252 e. The molecule has 23 heavy (non-hydrogen) atoms. The monoisotopic (exact) mass is 333 g/mol. The van der Waals surface area contributed by atoms with Gasteiger partial charge < -0.3 is 10.1 Å². The highest BCUT2D eigenvalue weighted by Crippen LogP contribution is 2.20. The molecule has 1 aromatic heterocycles. The summed E-state index contributed by atoms with van der Waals surface area (Å²) in [5.41, 5.74) is 1.47. The van der Waals surface area contributed by atoms with Crippen molar-refractivity contribution in [2.45, 2.75) is 44.8 Å². The SMILES string of the molecule is CC(C)Oc1ccc(Nc2nc(CSC(C)C)cc(=O)[nH]2)cc1. The Morgan fingerprint density at radius 3 is 2.52 bits per heavy atom. The van der Waals surface area contributed by atoms with Gasteiger partial charge in [-0.1, -0.05) is 13.8 Å². The summed E-state index contributed by atoms with van der Waals surface area (Å²) in [6.45, 7) is 8.22. The second kappa shape index (κ2) is 8.06. The molecule has 2 N–H and O–H groups in total. The van der Waals surface area contributed by atoms with Crippen molar-refractivity contribution in [3.05, 3.63) is 46.4 Å². The fourth-order valence-electron chi connectivity index (χ4n) is 1.92. The quantitative estimate of drug-likeness (QED) is 0.803. The molecule has 0 fully saturated rings. The van der Waals surface area contributed by atoms with E-state index in [9.17, 15) is 4.79 Å². The molecule has 0 bridgehead atoms. The Hall–Kier alpha value is -1.95. The first kappa shape index (κ1) is 17.4. The maximum Gasteiger partial charge on any atom is 0.252 e. The lowest BCUT2D eigenvalue weighted by Crippen LogP contribution is -2.12. The summed E-state index contributed by atoms with van der Waals surface area (Å²) in [4.78, 5) is 18.9. The summed E-state index contributed by atoms with van der Waals surface area (Å²) in [5.74, 6) is 1.99. The van der Waals surface area contributed by atoms with Gasteiger partial charge in [0.2, 0.25) is 5.95 Å². The van der Waals surface area contributed by atoms with Gasteiger partial charge >= 0.3 is 0 Å². The number of rotatable bonds is 7. The van der Waals surface area contributed by atoms with Gasteiger partial charge in [-0.3, -0.25) is 9.78 Å². The number of anilines is 2. The van der Waals surface area contributed by atoms with E-state index >= 15 is 0 Å². The lowest BCUT2D eigenvalue weighted by atomic mass is 10.3. The largest absolute Gasteiger partial charge is 0.491 e. The molecule has 0 spiro atoms. The summed E-state index contributed by atoms with van der Waals surface area (Å²) in [7, 11) is 0. The number of nitrogens with one attached hydrogen (secondary N) is 2. The second-order valence-corrected chi connectivity index (χ2v) is 7.33. The number of nitrogens with zero attached hydrogens (tertiary/aromatic N) is 1. The summed E-state index contributed by atoms with van der Waals surface area (Å²) in [6, 6.07) is 9.11. The van der Waals surface area contributed by atoms with Crippen LogP contribution in [0.25, 0.3) is 0 Å². The highest BCUT2D eigenvalue weighted by molar-refractivity contribution is 7.99. The lowest BCUT2D eigenvalue weighted by Gasteiger charge is -2.11. The molecule has 0 aliphatic carbocycles. The Balaban J connectivity index is 2.08. The predicted octanol–water partition coefficient (Wildman–Crippen LogP) is 3.94. The number of benzene rings is 1. The molecule has 0 saturated heterocycles. The van der Waals surface area contributed by atoms with Crippen LogP contribution in [0.2, 0.25) is 0 Å². The molecular weight excluding hydrogens is 310 g/mol. The molecule has 0 saturated carbocycles. The van der Waals surface area contributed by atoms with Gasteiger partial charge in [0, 0.05) is 17.5 Å². The minimum absolute atomic E-state index is 0.141. The first-order valence-electron chi connectivity index (χ1n) is 7.68. The van der Waals surface area contributed by atoms with Crippen LogP contribution in [0, 0.1) is 0 Å². The minimum atomic E-state index is -0.151. The fraction of sp³-hybridized carbons (Fsp3) is 0.412. The molecule has 0 amide bonds. The first-order valence-corrected chi connectivity index (χ1v) is 8.73. The molecular formula is C17H23N3O2S. The standard InChI is InChI=1S/C17H23N3O2S/c1-11(2)22-15-7-5-13(6-8-15)18-17-19-14(9-16(21)20-17)10-23-12(3)4/h5-9,11-12H,10H2,1-4H3,(H2,18,19,20,21). The molecule has 2 aromatic rings. The Kier molecular flexibility index (Phi) is 6.10. The van der Waals surface area contributed by atoms with Gasteiger partial charge in [-0.15, -0.1) is 0 Å². The number of H-pyrrole nitrogens is 1. The van der Waals surface area contributed by atoms with Gasteiger partial charge in [0.1, 0.15) is 5.75 Å². The van der Waals surface area contributed by atoms with Gasteiger partial charge in [-0.25, -0.2) is 4.98 Å². The maximum absolute atomic E-state index is 11.8. The van der Waals surface area contributed by atoms with Crippen molar-refractivity contribution in [2.75, 3.05) is 5.32 Å². The maximum atomic E-state index is 11.8. The summed E-state index contributed by atoms with van der Waals surface area (Å²) >= 11 is 1.76. The topological polar surface area (TPSA) is 67.0 Å². The molecule has 6 heteroatoms. The van der Waals surface area contributed by atoms with E-state index in [1.165, 1.54) is 0 Å². The van der Waals surface area contributed by atoms with E-state index in [1.807, 2.05) is 38.1 Å². The van der Waals surface area contributed by atoms with Crippen LogP contribution < -0.4 is 15.6 Å². The predicted molar refractivity (Wildman–Crippen MR) is 96.8 cm³/mol. The zero-order valence-electron chi connectivity index (χ0n) is 13.9. The average molecular weight is 333 g/mol. The Labute approximate surface area is 140 Å². The molecule has 2 rings (SSSR count). The van der Waals surface area contributed by atoms with E-state index < -0.39 is 0 Å². The number of aromatic amines is 1. The first-order chi connectivity index (χ1) is 10.9. The Morgan fingerprint density at radius 1 is 1.22 bits per heavy atom. The molecule has 0 aliphatic heterocycles. The highest BCUT2D eigenvalue weighted by Gasteiger charge is 2.04. The third-order valence-electron chi connectivity index (χ3n) is 2.85. The van der Waals surface area contributed by atoms with E-state index in [0.29, 0.717) is 11.2 Å². The van der Waals surface area contributed by atoms with Gasteiger partial charge in [-0.2, -0.15) is 11.8 Å². The van der Waals surface area contributed by atoms with Gasteiger partial charge in [-0.05, 0) is 43.4 Å². The molecule has 5 nitrogen and oxygen atoms in total. The fourth-order valence-corrected chi connectivity index (χ4v) is 2.57. The normalized spacial score (nSPS) is 11.0. The molecule has 0 aliphatic rings. The third kappa shape index (κ3) is 5.98. The van der Waals surface area contributed by atoms with Gasteiger partial charge in [0.25, 0.3) is 5.56 Å². The van der Waals surface area contributed by atoms with Crippen LogP contribution in [-0.2, 0) is 5.75 Å². The van der Waals surface area contributed by atoms with Crippen molar-refractivity contribution in [1.82, 2.24) is 9.97 Å². The van der Waals surface area contributed by atoms with Crippen LogP contribution in [0.5, 0.6) is 5.75 Å². The van der Waals surface area contributed by atoms with E-state index in [0.717, 1.165) is 22.9 Å². The lowest BCUT2D eigenvalue weighted by molar-refractivity contribution is 0.242. The molecule has 0 unspecified atom stereocenters. The zero-order chi connectivity index (χ0) is 16.8. The van der Waals surface area contributed by atoms with Crippen LogP contribution in [0.1, 0.15) is 33.4 Å². The van der Waals surface area contributed by atoms with Gasteiger partial charge in [0.05, 0.1) is 11.8 Å².